The number of nitrogens with one attached hydrogen (secondary N) is 3. The maximum atomic E-state index is 12.7. The van der Waals surface area contributed by atoms with Crippen LogP contribution >= 0.6 is 0 Å². The number of primary amides is 1. The van der Waals surface area contributed by atoms with Crippen LogP contribution in [0.1, 0.15) is 180 Å². The van der Waals surface area contributed by atoms with Gasteiger partial charge < -0.3 is 52.3 Å². The summed E-state index contributed by atoms with van der Waals surface area (Å²) >= 11 is 0. The van der Waals surface area contributed by atoms with E-state index in [2.05, 4.69) is 16.0 Å². The molecule has 0 heterocycles. The van der Waals surface area contributed by atoms with Gasteiger partial charge in [0.15, 0.2) is 11.6 Å². The number of sulfonamides is 3. The van der Waals surface area contributed by atoms with Crippen molar-refractivity contribution in [3.8, 4) is 0 Å². The lowest BCUT2D eigenvalue weighted by Crippen LogP contribution is -2.29. The number of aryl methyl sites for hydroxylation is 3. The van der Waals surface area contributed by atoms with Gasteiger partial charge in [-0.3, -0.25) is 28.8 Å². The Kier molecular flexibility index (Phi) is 38.6. The number of aliphatic hydroxyl groups is 1. The number of aliphatic hydroxyl groups excluding tert-OH is 1. The fraction of sp³-hybridized carbons (Fsp3) is 0.198. The van der Waals surface area contributed by atoms with Crippen LogP contribution in [0, 0.1) is 6.92 Å². The highest BCUT2D eigenvalue weighted by Crippen LogP contribution is 2.24. The number of carbonyl (C=O) groups is 11. The van der Waals surface area contributed by atoms with Gasteiger partial charge in [0.25, 0.3) is 17.7 Å². The number of benzene rings is 11. The Balaban J connectivity index is 0.000000222. The monoisotopic (exact) mass is 1810 g/mol. The summed E-state index contributed by atoms with van der Waals surface area (Å²) in [5, 5.41) is 62.8. The van der Waals surface area contributed by atoms with Crippen molar-refractivity contribution in [2.45, 2.75) is 84.7 Å². The summed E-state index contributed by atoms with van der Waals surface area (Å²) < 4.78 is 76.3. The third-order valence-corrected chi connectivity index (χ3v) is 24.4. The topological polar surface area (TPSA) is 483 Å². The zero-order valence-electron chi connectivity index (χ0n) is 71.4. The maximum Gasteiger partial charge on any atom is 0.336 e. The molecule has 0 saturated carbocycles. The summed E-state index contributed by atoms with van der Waals surface area (Å²) in [6, 6.07) is 72.9. The SMILES string of the molecule is CCN(Cc1cccc(NC(=O)c2ccccc2C(=O)O)c1)S(C)(=O)=O.CCS(=O)(=O)N(C)Cc1cccc(NC(=O)c2ccccc2C(=O)O)c1.CN(Cc1cccc(CC(=O)c2ccccc2C(=O)O)c1)S(=O)(=O)Cc1ccccc1.Cc1ccc(C(=O)O)c(C(=O)Cc2ccc(CCCO)cc2)c1.NC(=O)CCc1ccc(NC(=O)c2ccccc2C(=O)O)cc1. The average Bonchev–Trinajstić information content (AvgIpc) is 0.827. The Morgan fingerprint density at radius 2 is 0.705 bits per heavy atom. The smallest absolute Gasteiger partial charge is 0.336 e. The largest absolute Gasteiger partial charge is 0.478 e. The predicted molar refractivity (Wildman–Crippen MR) is 489 cm³/mol. The molecule has 0 unspecified atom stereocenters. The van der Waals surface area contributed by atoms with Gasteiger partial charge in [0.2, 0.25) is 36.0 Å². The van der Waals surface area contributed by atoms with Crippen LogP contribution < -0.4 is 21.7 Å². The molecule has 674 valence electrons. The molecule has 0 saturated heterocycles. The molecule has 0 aliphatic heterocycles. The van der Waals surface area contributed by atoms with Crippen molar-refractivity contribution in [2.24, 2.45) is 5.73 Å². The number of carboxylic acids is 5. The quantitative estimate of drug-likeness (QED) is 0.0163. The van der Waals surface area contributed by atoms with Crippen molar-refractivity contribution in [2.75, 3.05) is 55.2 Å². The minimum Gasteiger partial charge on any atom is -0.478 e. The number of amides is 4. The van der Waals surface area contributed by atoms with Gasteiger partial charge in [-0.1, -0.05) is 188 Å². The molecule has 33 heteroatoms. The number of nitrogens with two attached hydrogens (primary N) is 1. The average molecular weight is 1820 g/mol. The second kappa shape index (κ2) is 49.0. The Bertz CT molecular complexity index is 6210. The molecule has 0 spiro atoms. The Morgan fingerprint density at radius 1 is 0.349 bits per heavy atom. The van der Waals surface area contributed by atoms with Crippen molar-refractivity contribution < 1.29 is 109 Å². The van der Waals surface area contributed by atoms with E-state index in [0.29, 0.717) is 58.7 Å². The molecule has 0 radical (unpaired) electrons. The Labute approximate surface area is 747 Å². The first kappa shape index (κ1) is 102. The molecule has 4 amide bonds. The van der Waals surface area contributed by atoms with Gasteiger partial charge in [0.05, 0.1) is 62.3 Å². The van der Waals surface area contributed by atoms with E-state index in [1.165, 1.54) is 81.6 Å². The van der Waals surface area contributed by atoms with Crippen LogP contribution in [0.3, 0.4) is 0 Å². The highest BCUT2D eigenvalue weighted by Gasteiger charge is 2.25. The molecule has 0 fully saturated rings. The van der Waals surface area contributed by atoms with E-state index >= 15 is 0 Å². The lowest BCUT2D eigenvalue weighted by molar-refractivity contribution is -0.118. The second-order valence-corrected chi connectivity index (χ2v) is 35.6. The predicted octanol–water partition coefficient (Wildman–Crippen LogP) is 13.7. The van der Waals surface area contributed by atoms with Crippen LogP contribution in [0.15, 0.2) is 267 Å². The van der Waals surface area contributed by atoms with Crippen LogP contribution in [-0.4, -0.2) is 173 Å². The van der Waals surface area contributed by atoms with Crippen molar-refractivity contribution in [1.82, 2.24) is 12.9 Å². The fourth-order valence-electron chi connectivity index (χ4n) is 12.7. The van der Waals surface area contributed by atoms with Gasteiger partial charge >= 0.3 is 29.8 Å². The first-order chi connectivity index (χ1) is 61.2. The van der Waals surface area contributed by atoms with Gasteiger partial charge in [0.1, 0.15) is 0 Å². The molecule has 0 aliphatic rings. The molecule has 11 aromatic carbocycles. The number of carboxylic acid groups (broad SMARTS) is 5. The van der Waals surface area contributed by atoms with Gasteiger partial charge in [-0.15, -0.1) is 0 Å². The number of rotatable bonds is 36. The molecule has 11 aromatic rings. The Morgan fingerprint density at radius 3 is 1.15 bits per heavy atom. The molecule has 30 nitrogen and oxygen atoms in total. The van der Waals surface area contributed by atoms with Gasteiger partial charge in [-0.25, -0.2) is 57.8 Å². The standard InChI is InChI=1S/C24H23NO5S.C19H20O4.2C18H20N2O5S.C17H16N2O4/c1-25(31(29,30)17-18-8-3-2-4-9-18)16-20-11-7-10-19(14-20)15-23(26)21-12-5-6-13-22(21)24(27)28;1-13-4-9-16(19(22)23)17(11-13)18(21)12-15-7-5-14(6-8-15)3-2-10-20;1-3-20(26(2,24)25)12-13-7-6-8-14(11-13)19-17(21)15-9-4-5-10-16(15)18(22)23;1-3-26(24,25)20(2)12-13-7-6-8-14(11-13)19-17(21)15-9-4-5-10-16(15)18(22)23;18-15(20)10-7-11-5-8-12(9-6-11)19-16(21)13-3-1-2-4-14(13)17(22)23/h2-14H,15-17H2,1H3,(H,27,28);4-9,11,20H,2-3,10,12H2,1H3,(H,22,23);2*4-11H,3,12H2,1-2H3,(H,19,21)(H,22,23);1-6,8-9H,7,10H2,(H2,18,20)(H,19,21)(H,22,23). The number of Topliss-reactive ketones (excluding diaryl/α,β-unsaturated/α-hetero) is 2. The number of hydrogen-bond donors (Lipinski definition) is 10. The fourth-order valence-corrected chi connectivity index (χ4v) is 15.5. The van der Waals surface area contributed by atoms with Crippen molar-refractivity contribution in [3.05, 3.63) is 373 Å². The van der Waals surface area contributed by atoms with E-state index < -0.39 is 77.6 Å². The maximum absolute atomic E-state index is 12.7. The summed E-state index contributed by atoms with van der Waals surface area (Å²) in [5.41, 5.74) is 14.2. The lowest BCUT2D eigenvalue weighted by Gasteiger charge is -2.18. The highest BCUT2D eigenvalue weighted by atomic mass is 32.2. The number of hydrogen-bond acceptors (Lipinski definition) is 18. The summed E-state index contributed by atoms with van der Waals surface area (Å²) in [7, 11) is -7.12. The molecule has 129 heavy (non-hydrogen) atoms. The number of nitrogens with zero attached hydrogens (tertiary/aromatic N) is 3. The minimum atomic E-state index is -3.50. The summed E-state index contributed by atoms with van der Waals surface area (Å²) in [6.07, 6.45) is 3.64. The van der Waals surface area contributed by atoms with E-state index in [1.54, 1.807) is 196 Å². The molecule has 11 N–H and O–H groups in total. The zero-order chi connectivity index (χ0) is 94.7. The minimum absolute atomic E-state index is 0.00585. The van der Waals surface area contributed by atoms with Crippen LogP contribution in [0.2, 0.25) is 0 Å². The molecular formula is C96H99N7O23S3. The van der Waals surface area contributed by atoms with Crippen LogP contribution in [0.5, 0.6) is 0 Å². The van der Waals surface area contributed by atoms with Crippen molar-refractivity contribution in [1.29, 1.82) is 0 Å². The first-order valence-corrected chi connectivity index (χ1v) is 45.1. The van der Waals surface area contributed by atoms with Crippen LogP contribution in [0.25, 0.3) is 0 Å². The number of carbonyl (C=O) groups excluding carboxylic acids is 6. The van der Waals surface area contributed by atoms with Crippen molar-refractivity contribution >= 4 is 112 Å². The summed E-state index contributed by atoms with van der Waals surface area (Å²) in [6.45, 7) is 6.17. The molecule has 0 aromatic heterocycles. The zero-order valence-corrected chi connectivity index (χ0v) is 73.8. The molecule has 0 atom stereocenters. The highest BCUT2D eigenvalue weighted by molar-refractivity contribution is 7.89. The van der Waals surface area contributed by atoms with Crippen LogP contribution in [0.4, 0.5) is 17.1 Å². The van der Waals surface area contributed by atoms with E-state index in [-0.39, 0.29) is 130 Å². The third kappa shape index (κ3) is 32.2. The van der Waals surface area contributed by atoms with E-state index in [1.807, 2.05) is 37.3 Å². The van der Waals surface area contributed by atoms with E-state index in [4.69, 9.17) is 15.9 Å². The Hall–Kier alpha value is -14.3. The third-order valence-electron chi connectivity index (χ3n) is 19.5. The van der Waals surface area contributed by atoms with E-state index in [9.17, 15) is 98.4 Å². The first-order valence-electron chi connectivity index (χ1n) is 40.0. The second-order valence-electron chi connectivity index (χ2n) is 29.2. The summed E-state index contributed by atoms with van der Waals surface area (Å²) in [5.74, 6) is -8.30. The van der Waals surface area contributed by atoms with Gasteiger partial charge in [-0.05, 0) is 169 Å². The van der Waals surface area contributed by atoms with Crippen molar-refractivity contribution in [3.63, 3.8) is 0 Å². The molecular weight excluding hydrogens is 1720 g/mol. The summed E-state index contributed by atoms with van der Waals surface area (Å²) in [4.78, 5) is 129. The lowest BCUT2D eigenvalue weighted by atomic mass is 9.96. The number of anilines is 3. The van der Waals surface area contributed by atoms with Crippen LogP contribution in [-0.2, 0) is 85.9 Å². The van der Waals surface area contributed by atoms with Gasteiger partial charge in [-0.2, -0.15) is 4.31 Å². The van der Waals surface area contributed by atoms with Gasteiger partial charge in [0, 0.05) is 94.3 Å². The normalized spacial score (nSPS) is 11.0. The molecule has 11 rings (SSSR count). The molecule has 0 aliphatic carbocycles. The van der Waals surface area contributed by atoms with E-state index in [0.717, 1.165) is 40.5 Å². The molecule has 0 bridgehead atoms. The number of ketones is 2. The number of aromatic carboxylic acids is 5.